The van der Waals surface area contributed by atoms with E-state index in [4.69, 9.17) is 29.4 Å². The van der Waals surface area contributed by atoms with Crippen molar-refractivity contribution in [3.05, 3.63) is 59.9 Å². The van der Waals surface area contributed by atoms with Gasteiger partial charge >= 0.3 is 12.1 Å². The van der Waals surface area contributed by atoms with E-state index in [1.54, 1.807) is 96.3 Å². The molecule has 310 valence electrons. The molecule has 15 nitrogen and oxygen atoms in total. The van der Waals surface area contributed by atoms with Gasteiger partial charge in [0.15, 0.2) is 0 Å². The van der Waals surface area contributed by atoms with E-state index < -0.39 is 28.3 Å². The number of nitrogens with one attached hydrogen (secondary N) is 1. The molecule has 0 aliphatic rings. The maximum absolute atomic E-state index is 13.7. The van der Waals surface area contributed by atoms with Crippen LogP contribution in [-0.2, 0) is 46.1 Å². The van der Waals surface area contributed by atoms with Gasteiger partial charge < -0.3 is 39.6 Å². The molecule has 1 aromatic heterocycles. The lowest BCUT2D eigenvalue weighted by molar-refractivity contribution is -0.154. The summed E-state index contributed by atoms with van der Waals surface area (Å²) in [6.07, 6.45) is 1.71. The molecule has 1 heterocycles. The number of ether oxygens (including phenoxy) is 5. The fourth-order valence-corrected chi connectivity index (χ4v) is 5.98. The van der Waals surface area contributed by atoms with E-state index in [2.05, 4.69) is 15.3 Å². The molecule has 0 saturated heterocycles. The number of anilines is 2. The summed E-state index contributed by atoms with van der Waals surface area (Å²) in [5.74, 6) is 0.395. The number of nitrogen functional groups attached to an aromatic ring is 1. The zero-order chi connectivity index (χ0) is 41.9. The van der Waals surface area contributed by atoms with Crippen molar-refractivity contribution >= 4 is 41.0 Å². The Bertz CT molecular complexity index is 1710. The molecule has 0 aliphatic carbocycles. The fourth-order valence-electron chi connectivity index (χ4n) is 4.82. The second-order valence-electron chi connectivity index (χ2n) is 14.2. The minimum absolute atomic E-state index is 0.0506. The Morgan fingerprint density at radius 1 is 0.893 bits per heavy atom. The fraction of sp³-hybridized carbons (Fsp3) is 0.525. The van der Waals surface area contributed by atoms with Gasteiger partial charge in [0.05, 0.1) is 67.6 Å². The van der Waals surface area contributed by atoms with Crippen molar-refractivity contribution in [2.45, 2.75) is 91.4 Å². The number of hydrogen-bond donors (Lipinski definition) is 2. The van der Waals surface area contributed by atoms with Crippen LogP contribution < -0.4 is 15.8 Å². The van der Waals surface area contributed by atoms with Crippen LogP contribution >= 0.6 is 0 Å². The van der Waals surface area contributed by atoms with E-state index in [-0.39, 0.29) is 65.1 Å². The molecule has 0 aliphatic heterocycles. The zero-order valence-electron chi connectivity index (χ0n) is 34.5. The predicted octanol–water partition coefficient (Wildman–Crippen LogP) is 6.16. The smallest absolute Gasteiger partial charge is 0.410 e. The number of carbonyl (C=O) groups excluding carboxylic acids is 3. The van der Waals surface area contributed by atoms with Crippen molar-refractivity contribution in [2.24, 2.45) is 0 Å². The first-order valence-electron chi connectivity index (χ1n) is 18.6. The van der Waals surface area contributed by atoms with Gasteiger partial charge in [-0.3, -0.25) is 9.59 Å². The number of para-hydroxylation sites is 1. The average molecular weight is 801 g/mol. The largest absolute Gasteiger partial charge is 0.489 e. The normalized spacial score (nSPS) is 11.9. The van der Waals surface area contributed by atoms with Gasteiger partial charge in [0.25, 0.3) is 0 Å². The van der Waals surface area contributed by atoms with Crippen LogP contribution in [0.1, 0.15) is 73.1 Å². The minimum Gasteiger partial charge on any atom is -0.489 e. The highest BCUT2D eigenvalue weighted by molar-refractivity contribution is 7.82. The summed E-state index contributed by atoms with van der Waals surface area (Å²) in [4.78, 5) is 46.9. The summed E-state index contributed by atoms with van der Waals surface area (Å²) < 4.78 is 43.7. The average Bonchev–Trinajstić information content (AvgIpc) is 3.13. The number of nitrogens with two attached hydrogens (primary N) is 1. The lowest BCUT2D eigenvalue weighted by atomic mass is 10.1. The van der Waals surface area contributed by atoms with E-state index >= 15 is 0 Å². The molecular weight excluding hydrogens is 741 g/mol. The summed E-state index contributed by atoms with van der Waals surface area (Å²) in [7, 11) is 0.0268. The number of nitrogens with zero attached hydrogens (tertiary/aromatic N) is 4. The highest BCUT2D eigenvalue weighted by Gasteiger charge is 2.23. The minimum atomic E-state index is -1.59. The molecule has 3 aromatic rings. The Hall–Kier alpha value is -4.64. The molecular formula is C40H60N6O9S. The van der Waals surface area contributed by atoms with Crippen LogP contribution in [-0.4, -0.2) is 106 Å². The molecule has 0 fully saturated rings. The molecule has 0 spiro atoms. The zero-order valence-corrected chi connectivity index (χ0v) is 35.3. The molecule has 3 N–H and O–H groups in total. The van der Waals surface area contributed by atoms with Crippen LogP contribution in [0.25, 0.3) is 11.3 Å². The van der Waals surface area contributed by atoms with Crippen molar-refractivity contribution in [3.63, 3.8) is 0 Å². The summed E-state index contributed by atoms with van der Waals surface area (Å²) in [6, 6.07) is 12.4. The number of aromatic nitrogens is 2. The van der Waals surface area contributed by atoms with Crippen molar-refractivity contribution < 1.29 is 42.3 Å². The number of aryl methyl sites for hydroxylation is 1. The van der Waals surface area contributed by atoms with E-state index in [1.807, 2.05) is 26.0 Å². The lowest BCUT2D eigenvalue weighted by Gasteiger charge is -2.25. The number of hydrogen-bond acceptors (Lipinski definition) is 12. The van der Waals surface area contributed by atoms with Crippen LogP contribution in [0.5, 0.6) is 5.75 Å². The third-order valence-corrected chi connectivity index (χ3v) is 8.82. The second-order valence-corrected chi connectivity index (χ2v) is 15.7. The maximum atomic E-state index is 13.7. The number of amides is 2. The van der Waals surface area contributed by atoms with Gasteiger partial charge in [-0.05, 0) is 66.7 Å². The van der Waals surface area contributed by atoms with Crippen LogP contribution in [0.15, 0.2) is 53.6 Å². The molecule has 56 heavy (non-hydrogen) atoms. The second kappa shape index (κ2) is 23.4. The van der Waals surface area contributed by atoms with Gasteiger partial charge in [-0.15, -0.1) is 0 Å². The summed E-state index contributed by atoms with van der Waals surface area (Å²) >= 11 is 0. The third-order valence-electron chi connectivity index (χ3n) is 7.31. The Kier molecular flexibility index (Phi) is 19.9. The molecule has 2 aromatic carbocycles. The molecule has 3 rings (SSSR count). The Balaban J connectivity index is 0.00000532. The molecule has 1 atom stereocenters. The Morgan fingerprint density at radius 2 is 1.52 bits per heavy atom. The van der Waals surface area contributed by atoms with Crippen molar-refractivity contribution in [3.8, 4) is 17.0 Å². The number of rotatable bonds is 20. The van der Waals surface area contributed by atoms with Gasteiger partial charge in [0.1, 0.15) is 40.4 Å². The predicted molar refractivity (Wildman–Crippen MR) is 217 cm³/mol. The van der Waals surface area contributed by atoms with E-state index in [0.717, 1.165) is 5.56 Å². The number of benzene rings is 2. The van der Waals surface area contributed by atoms with Gasteiger partial charge in [-0.2, -0.15) is 0 Å². The molecule has 2 amide bonds. The van der Waals surface area contributed by atoms with Crippen molar-refractivity contribution in [1.82, 2.24) is 19.2 Å². The highest BCUT2D eigenvalue weighted by Crippen LogP contribution is 2.30. The van der Waals surface area contributed by atoms with Gasteiger partial charge in [0.2, 0.25) is 6.41 Å². The van der Waals surface area contributed by atoms with Crippen molar-refractivity contribution in [2.75, 3.05) is 64.2 Å². The van der Waals surface area contributed by atoms with Crippen LogP contribution in [0.3, 0.4) is 0 Å². The lowest BCUT2D eigenvalue weighted by Crippen LogP contribution is -2.34. The number of esters is 1. The summed E-state index contributed by atoms with van der Waals surface area (Å²) in [5, 5.41) is 2.64. The van der Waals surface area contributed by atoms with Crippen LogP contribution in [0.4, 0.5) is 16.3 Å². The summed E-state index contributed by atoms with van der Waals surface area (Å²) in [5.41, 5.74) is 7.73. The molecule has 0 saturated carbocycles. The first kappa shape index (κ1) is 47.5. The van der Waals surface area contributed by atoms with E-state index in [1.165, 1.54) is 4.90 Å². The van der Waals surface area contributed by atoms with Gasteiger partial charge in [0, 0.05) is 31.3 Å². The standard InChI is InChI=1S/C38H54N6O9S.C2H6/c1-27-35(39)40-24-32(42-27)28-12-14-30(15-13-28)54(48)44(17-16-33(46)52-37(2,3)4)18-19-49-20-21-50-22-23-51-34-29(10-9-11-31(34)41-26-45)25-43(8)36(47)53-38(5,6)7;1-2/h9-15,24,26H,16-23,25H2,1-8H3,(H2,39,40)(H,41,45);1-2H3. The van der Waals surface area contributed by atoms with Gasteiger partial charge in [-0.25, -0.2) is 23.3 Å². The van der Waals surface area contributed by atoms with E-state index in [9.17, 15) is 18.6 Å². The maximum Gasteiger partial charge on any atom is 0.410 e. The van der Waals surface area contributed by atoms with E-state index in [0.29, 0.717) is 45.5 Å². The molecule has 0 bridgehead atoms. The third kappa shape index (κ3) is 17.0. The van der Waals surface area contributed by atoms with Gasteiger partial charge in [-0.1, -0.05) is 38.1 Å². The Labute approximate surface area is 334 Å². The quantitative estimate of drug-likeness (QED) is 0.0755. The molecule has 0 radical (unpaired) electrons. The molecule has 1 unspecified atom stereocenters. The van der Waals surface area contributed by atoms with Crippen molar-refractivity contribution in [1.29, 1.82) is 0 Å². The molecule has 16 heteroatoms. The number of carbonyl (C=O) groups is 3. The van der Waals surface area contributed by atoms with Crippen LogP contribution in [0, 0.1) is 6.92 Å². The topological polar surface area (TPSA) is 185 Å². The highest BCUT2D eigenvalue weighted by atomic mass is 32.2. The monoisotopic (exact) mass is 800 g/mol. The first-order chi connectivity index (χ1) is 26.5. The first-order valence-corrected chi connectivity index (χ1v) is 19.7. The SMILES string of the molecule is CC.Cc1nc(-c2ccc(S(=O)N(CCOCCOCCOc3c(CN(C)C(=O)OC(C)(C)C)cccc3NC=O)CCC(=O)OC(C)(C)C)cc2)cnc1N. The summed E-state index contributed by atoms with van der Waals surface area (Å²) in [6.45, 7) is 18.4. The Morgan fingerprint density at radius 3 is 2.12 bits per heavy atom. The van der Waals surface area contributed by atoms with Crippen LogP contribution in [0.2, 0.25) is 0 Å².